The summed E-state index contributed by atoms with van der Waals surface area (Å²) in [5.74, 6) is 0.967. The minimum absolute atomic E-state index is 0.0812. The van der Waals surface area contributed by atoms with Crippen LogP contribution in [0.15, 0.2) is 18.2 Å². The highest BCUT2D eigenvalue weighted by Crippen LogP contribution is 2.33. The van der Waals surface area contributed by atoms with E-state index in [9.17, 15) is 0 Å². The SMILES string of the molecule is CCNCC(NC)c1ccc(OC)c(C(C)(C)C)c1. The number of likely N-dealkylation sites (N-methyl/N-ethyl adjacent to an activating group) is 2. The molecule has 1 aromatic rings. The Morgan fingerprint density at radius 2 is 1.95 bits per heavy atom. The topological polar surface area (TPSA) is 33.3 Å². The molecule has 1 unspecified atom stereocenters. The van der Waals surface area contributed by atoms with Gasteiger partial charge in [0.15, 0.2) is 0 Å². The standard InChI is InChI=1S/C16H28N2O/c1-7-18-11-14(17-5)12-8-9-15(19-6)13(10-12)16(2,3)4/h8-10,14,17-18H,7,11H2,1-6H3. The lowest BCUT2D eigenvalue weighted by Gasteiger charge is -2.25. The van der Waals surface area contributed by atoms with Gasteiger partial charge >= 0.3 is 0 Å². The van der Waals surface area contributed by atoms with Crippen molar-refractivity contribution in [1.29, 1.82) is 0 Å². The molecule has 2 N–H and O–H groups in total. The Hall–Kier alpha value is -1.06. The highest BCUT2D eigenvalue weighted by atomic mass is 16.5. The van der Waals surface area contributed by atoms with Crippen molar-refractivity contribution in [3.05, 3.63) is 29.3 Å². The largest absolute Gasteiger partial charge is 0.496 e. The van der Waals surface area contributed by atoms with Crippen LogP contribution in [0.4, 0.5) is 0 Å². The van der Waals surface area contributed by atoms with Gasteiger partial charge in [0.2, 0.25) is 0 Å². The molecular formula is C16H28N2O. The Morgan fingerprint density at radius 3 is 2.42 bits per heavy atom. The molecule has 0 aliphatic heterocycles. The highest BCUT2D eigenvalue weighted by molar-refractivity contribution is 5.42. The van der Waals surface area contributed by atoms with Gasteiger partial charge in [-0.05, 0) is 42.3 Å². The molecule has 0 saturated carbocycles. The minimum Gasteiger partial charge on any atom is -0.496 e. The van der Waals surface area contributed by atoms with Crippen molar-refractivity contribution >= 4 is 0 Å². The molecule has 0 aliphatic carbocycles. The Kier molecular flexibility index (Phi) is 5.83. The maximum absolute atomic E-state index is 5.49. The Bertz CT molecular complexity index is 396. The summed E-state index contributed by atoms with van der Waals surface area (Å²) >= 11 is 0. The molecule has 3 nitrogen and oxygen atoms in total. The fourth-order valence-electron chi connectivity index (χ4n) is 2.20. The summed E-state index contributed by atoms with van der Waals surface area (Å²) in [5, 5.41) is 6.76. The first-order chi connectivity index (χ1) is 8.93. The van der Waals surface area contributed by atoms with Crippen LogP contribution in [-0.4, -0.2) is 27.2 Å². The summed E-state index contributed by atoms with van der Waals surface area (Å²) in [4.78, 5) is 0. The number of methoxy groups -OCH3 is 1. The number of benzene rings is 1. The van der Waals surface area contributed by atoms with Crippen molar-refractivity contribution in [2.75, 3.05) is 27.2 Å². The fraction of sp³-hybridized carbons (Fsp3) is 0.625. The first-order valence-corrected chi connectivity index (χ1v) is 7.00. The third-order valence-corrected chi connectivity index (χ3v) is 3.38. The zero-order valence-electron chi connectivity index (χ0n) is 13.1. The summed E-state index contributed by atoms with van der Waals surface area (Å²) < 4.78 is 5.49. The van der Waals surface area contributed by atoms with E-state index in [2.05, 4.69) is 56.5 Å². The lowest BCUT2D eigenvalue weighted by atomic mass is 9.84. The maximum Gasteiger partial charge on any atom is 0.122 e. The number of hydrogen-bond donors (Lipinski definition) is 2. The van der Waals surface area contributed by atoms with Gasteiger partial charge in [0.25, 0.3) is 0 Å². The second kappa shape index (κ2) is 6.92. The molecule has 1 atom stereocenters. The molecule has 3 heteroatoms. The van der Waals surface area contributed by atoms with E-state index in [1.165, 1.54) is 11.1 Å². The van der Waals surface area contributed by atoms with Crippen LogP contribution in [0.3, 0.4) is 0 Å². The smallest absolute Gasteiger partial charge is 0.122 e. The number of nitrogens with one attached hydrogen (secondary N) is 2. The predicted molar refractivity (Wildman–Crippen MR) is 82.0 cm³/mol. The van der Waals surface area contributed by atoms with Crippen LogP contribution in [0.2, 0.25) is 0 Å². The van der Waals surface area contributed by atoms with Crippen molar-refractivity contribution in [3.8, 4) is 5.75 Å². The fourth-order valence-corrected chi connectivity index (χ4v) is 2.20. The number of rotatable bonds is 6. The molecule has 108 valence electrons. The van der Waals surface area contributed by atoms with E-state index in [-0.39, 0.29) is 5.41 Å². The van der Waals surface area contributed by atoms with E-state index in [1.807, 2.05) is 7.05 Å². The van der Waals surface area contributed by atoms with Crippen molar-refractivity contribution < 1.29 is 4.74 Å². The lowest BCUT2D eigenvalue weighted by Crippen LogP contribution is -2.29. The molecule has 0 amide bonds. The summed E-state index contributed by atoms with van der Waals surface area (Å²) in [6, 6.07) is 6.81. The molecule has 0 fully saturated rings. The van der Waals surface area contributed by atoms with Crippen molar-refractivity contribution in [1.82, 2.24) is 10.6 Å². The normalized spacial score (nSPS) is 13.4. The molecule has 0 aromatic heterocycles. The average Bonchev–Trinajstić information content (AvgIpc) is 2.38. The molecule has 0 radical (unpaired) electrons. The zero-order chi connectivity index (χ0) is 14.5. The highest BCUT2D eigenvalue weighted by Gasteiger charge is 2.20. The van der Waals surface area contributed by atoms with E-state index < -0.39 is 0 Å². The first kappa shape index (κ1) is 16.0. The van der Waals surface area contributed by atoms with E-state index >= 15 is 0 Å². The van der Waals surface area contributed by atoms with Crippen LogP contribution in [0.5, 0.6) is 5.75 Å². The van der Waals surface area contributed by atoms with Crippen LogP contribution in [-0.2, 0) is 5.41 Å². The molecule has 1 aromatic carbocycles. The molecular weight excluding hydrogens is 236 g/mol. The Labute approximate surface area is 117 Å². The summed E-state index contributed by atoms with van der Waals surface area (Å²) in [6.45, 7) is 10.7. The van der Waals surface area contributed by atoms with Gasteiger partial charge in [-0.1, -0.05) is 33.8 Å². The van der Waals surface area contributed by atoms with Gasteiger partial charge in [0.1, 0.15) is 5.75 Å². The second-order valence-electron chi connectivity index (χ2n) is 5.86. The van der Waals surface area contributed by atoms with E-state index in [4.69, 9.17) is 4.74 Å². The maximum atomic E-state index is 5.49. The minimum atomic E-state index is 0.0812. The molecule has 0 heterocycles. The second-order valence-corrected chi connectivity index (χ2v) is 5.86. The molecule has 0 spiro atoms. The summed E-state index contributed by atoms with van der Waals surface area (Å²) in [6.07, 6.45) is 0. The number of hydrogen-bond acceptors (Lipinski definition) is 3. The van der Waals surface area contributed by atoms with Gasteiger partial charge in [-0.15, -0.1) is 0 Å². The third-order valence-electron chi connectivity index (χ3n) is 3.38. The predicted octanol–water partition coefficient (Wildman–Crippen LogP) is 2.86. The summed E-state index contributed by atoms with van der Waals surface area (Å²) in [5.41, 5.74) is 2.64. The van der Waals surface area contributed by atoms with Gasteiger partial charge in [-0.25, -0.2) is 0 Å². The van der Waals surface area contributed by atoms with Gasteiger partial charge in [0, 0.05) is 12.6 Å². The zero-order valence-corrected chi connectivity index (χ0v) is 13.1. The van der Waals surface area contributed by atoms with Crippen LogP contribution in [0.1, 0.15) is 44.9 Å². The monoisotopic (exact) mass is 264 g/mol. The van der Waals surface area contributed by atoms with E-state index in [0.29, 0.717) is 6.04 Å². The molecule has 1 rings (SSSR count). The van der Waals surface area contributed by atoms with Crippen molar-refractivity contribution in [2.24, 2.45) is 0 Å². The Balaban J connectivity index is 3.09. The molecule has 0 bridgehead atoms. The van der Waals surface area contributed by atoms with Crippen LogP contribution >= 0.6 is 0 Å². The first-order valence-electron chi connectivity index (χ1n) is 7.00. The molecule has 0 aliphatic rings. The quantitative estimate of drug-likeness (QED) is 0.829. The van der Waals surface area contributed by atoms with Crippen LogP contribution in [0, 0.1) is 0 Å². The van der Waals surface area contributed by atoms with Gasteiger partial charge in [0.05, 0.1) is 7.11 Å². The van der Waals surface area contributed by atoms with Gasteiger partial charge < -0.3 is 15.4 Å². The Morgan fingerprint density at radius 1 is 1.26 bits per heavy atom. The third kappa shape index (κ3) is 4.22. The molecule has 19 heavy (non-hydrogen) atoms. The lowest BCUT2D eigenvalue weighted by molar-refractivity contribution is 0.396. The molecule has 0 saturated heterocycles. The summed E-state index contributed by atoms with van der Waals surface area (Å²) in [7, 11) is 3.74. The number of ether oxygens (including phenoxy) is 1. The van der Waals surface area contributed by atoms with Crippen molar-refractivity contribution in [3.63, 3.8) is 0 Å². The van der Waals surface area contributed by atoms with Crippen molar-refractivity contribution in [2.45, 2.75) is 39.2 Å². The van der Waals surface area contributed by atoms with Crippen LogP contribution < -0.4 is 15.4 Å². The average molecular weight is 264 g/mol. The van der Waals surface area contributed by atoms with Gasteiger partial charge in [-0.3, -0.25) is 0 Å². The van der Waals surface area contributed by atoms with Crippen LogP contribution in [0.25, 0.3) is 0 Å². The van der Waals surface area contributed by atoms with Gasteiger partial charge in [-0.2, -0.15) is 0 Å². The van der Waals surface area contributed by atoms with E-state index in [1.54, 1.807) is 7.11 Å². The van der Waals surface area contributed by atoms with E-state index in [0.717, 1.165) is 18.8 Å².